The highest BCUT2D eigenvalue weighted by Gasteiger charge is 2.32. The van der Waals surface area contributed by atoms with Gasteiger partial charge in [-0.15, -0.1) is 0 Å². The lowest BCUT2D eigenvalue weighted by atomic mass is 9.97. The Balaban J connectivity index is 2.02. The molecule has 5 nitrogen and oxygen atoms in total. The van der Waals surface area contributed by atoms with E-state index in [1.807, 2.05) is 37.3 Å². The minimum Gasteiger partial charge on any atom is -0.349 e. The number of carbonyl (C=O) groups excluding carboxylic acids is 1. The number of hydrogen-bond acceptors (Lipinski definition) is 3. The maximum absolute atomic E-state index is 12.6. The standard InChI is InChI=1S/C17H26N2O3S/c1-3-16(14-9-6-5-7-10-14)18-17(20)15-11-8-12-19(13-15)23(21,22)4-2/h5-7,9-10,15-16H,3-4,8,11-13H2,1-2H3,(H,18,20)/t15-,16+/m0/s1. The zero-order valence-electron chi connectivity index (χ0n) is 13.9. The van der Waals surface area contributed by atoms with Gasteiger partial charge in [-0.3, -0.25) is 4.79 Å². The summed E-state index contributed by atoms with van der Waals surface area (Å²) in [6.45, 7) is 4.50. The zero-order valence-corrected chi connectivity index (χ0v) is 14.7. The Morgan fingerprint density at radius 3 is 2.61 bits per heavy atom. The molecule has 1 aliphatic heterocycles. The SMILES string of the molecule is CC[C@@H](NC(=O)[C@H]1CCCN(S(=O)(=O)CC)C1)c1ccccc1. The van der Waals surface area contributed by atoms with E-state index in [2.05, 4.69) is 5.32 Å². The van der Waals surface area contributed by atoms with Gasteiger partial charge in [-0.25, -0.2) is 12.7 Å². The number of piperidine rings is 1. The van der Waals surface area contributed by atoms with Gasteiger partial charge in [-0.1, -0.05) is 37.3 Å². The summed E-state index contributed by atoms with van der Waals surface area (Å²) in [6.07, 6.45) is 2.28. The lowest BCUT2D eigenvalue weighted by molar-refractivity contribution is -0.126. The molecule has 0 unspecified atom stereocenters. The number of rotatable bonds is 6. The molecule has 1 amide bonds. The monoisotopic (exact) mass is 338 g/mol. The molecular formula is C17H26N2O3S. The van der Waals surface area contributed by atoms with Gasteiger partial charge in [0.15, 0.2) is 0 Å². The molecule has 1 aliphatic rings. The molecule has 1 saturated heterocycles. The Morgan fingerprint density at radius 2 is 2.00 bits per heavy atom. The largest absolute Gasteiger partial charge is 0.349 e. The third kappa shape index (κ3) is 4.54. The number of hydrogen-bond donors (Lipinski definition) is 1. The molecular weight excluding hydrogens is 312 g/mol. The van der Waals surface area contributed by atoms with Gasteiger partial charge in [0.25, 0.3) is 0 Å². The summed E-state index contributed by atoms with van der Waals surface area (Å²) in [6, 6.07) is 9.85. The van der Waals surface area contributed by atoms with Gasteiger partial charge in [-0.05, 0) is 31.7 Å². The van der Waals surface area contributed by atoms with Gasteiger partial charge in [0, 0.05) is 13.1 Å². The molecule has 2 rings (SSSR count). The smallest absolute Gasteiger partial charge is 0.224 e. The molecule has 23 heavy (non-hydrogen) atoms. The quantitative estimate of drug-likeness (QED) is 0.865. The summed E-state index contributed by atoms with van der Waals surface area (Å²) in [4.78, 5) is 12.6. The number of amides is 1. The Kier molecular flexibility index (Phi) is 6.18. The van der Waals surface area contributed by atoms with Crippen LogP contribution < -0.4 is 5.32 Å². The fourth-order valence-electron chi connectivity index (χ4n) is 2.99. The average Bonchev–Trinajstić information content (AvgIpc) is 2.60. The fraction of sp³-hybridized carbons (Fsp3) is 0.588. The fourth-order valence-corrected chi connectivity index (χ4v) is 4.17. The van der Waals surface area contributed by atoms with Crippen molar-refractivity contribution in [1.29, 1.82) is 0 Å². The van der Waals surface area contributed by atoms with Crippen LogP contribution in [0.15, 0.2) is 30.3 Å². The van der Waals surface area contributed by atoms with Crippen molar-refractivity contribution in [3.63, 3.8) is 0 Å². The zero-order chi connectivity index (χ0) is 16.9. The number of sulfonamides is 1. The predicted octanol–water partition coefficient (Wildman–Crippen LogP) is 2.32. The molecule has 1 N–H and O–H groups in total. The van der Waals surface area contributed by atoms with Crippen LogP contribution in [0.1, 0.15) is 44.7 Å². The Labute approximate surface area is 139 Å². The van der Waals surface area contributed by atoms with Gasteiger partial charge in [0.1, 0.15) is 0 Å². The summed E-state index contributed by atoms with van der Waals surface area (Å²) in [7, 11) is -3.22. The van der Waals surface area contributed by atoms with Crippen molar-refractivity contribution < 1.29 is 13.2 Å². The third-order valence-electron chi connectivity index (χ3n) is 4.44. The van der Waals surface area contributed by atoms with Crippen LogP contribution in [0.25, 0.3) is 0 Å². The molecule has 1 aromatic rings. The Bertz CT molecular complexity index is 616. The highest BCUT2D eigenvalue weighted by Crippen LogP contribution is 2.22. The summed E-state index contributed by atoms with van der Waals surface area (Å²) in [5.41, 5.74) is 1.08. The van der Waals surface area contributed by atoms with Crippen LogP contribution >= 0.6 is 0 Å². The molecule has 6 heteroatoms. The van der Waals surface area contributed by atoms with E-state index in [9.17, 15) is 13.2 Å². The molecule has 1 fully saturated rings. The van der Waals surface area contributed by atoms with Crippen molar-refractivity contribution in [2.24, 2.45) is 5.92 Å². The molecule has 0 aliphatic carbocycles. The minimum absolute atomic E-state index is 0.0261. The highest BCUT2D eigenvalue weighted by atomic mass is 32.2. The number of carbonyl (C=O) groups is 1. The second-order valence-electron chi connectivity index (χ2n) is 5.98. The van der Waals surface area contributed by atoms with Crippen LogP contribution in [-0.2, 0) is 14.8 Å². The van der Waals surface area contributed by atoms with E-state index in [0.717, 1.165) is 24.8 Å². The van der Waals surface area contributed by atoms with Crippen LogP contribution in [0.4, 0.5) is 0 Å². The Hall–Kier alpha value is -1.40. The molecule has 1 aromatic carbocycles. The van der Waals surface area contributed by atoms with Crippen molar-refractivity contribution in [2.45, 2.75) is 39.2 Å². The first kappa shape index (κ1) is 17.9. The summed E-state index contributed by atoms with van der Waals surface area (Å²) in [5, 5.41) is 3.08. The highest BCUT2D eigenvalue weighted by molar-refractivity contribution is 7.89. The van der Waals surface area contributed by atoms with Crippen molar-refractivity contribution in [3.8, 4) is 0 Å². The lowest BCUT2D eigenvalue weighted by Crippen LogP contribution is -2.46. The van der Waals surface area contributed by atoms with E-state index in [4.69, 9.17) is 0 Å². The molecule has 1 heterocycles. The molecule has 0 saturated carbocycles. The van der Waals surface area contributed by atoms with Gasteiger partial charge in [-0.2, -0.15) is 0 Å². The van der Waals surface area contributed by atoms with Gasteiger partial charge in [0.05, 0.1) is 17.7 Å². The second kappa shape index (κ2) is 7.93. The maximum atomic E-state index is 12.6. The number of nitrogens with zero attached hydrogens (tertiary/aromatic N) is 1. The van der Waals surface area contributed by atoms with E-state index in [1.165, 1.54) is 4.31 Å². The summed E-state index contributed by atoms with van der Waals surface area (Å²) < 4.78 is 25.5. The first-order chi connectivity index (χ1) is 11.0. The number of benzene rings is 1. The first-order valence-corrected chi connectivity index (χ1v) is 9.92. The predicted molar refractivity (Wildman–Crippen MR) is 91.4 cm³/mol. The van der Waals surface area contributed by atoms with Crippen LogP contribution in [0.2, 0.25) is 0 Å². The number of nitrogens with one attached hydrogen (secondary N) is 1. The molecule has 0 spiro atoms. The van der Waals surface area contributed by atoms with Gasteiger partial charge in [0.2, 0.25) is 15.9 Å². The summed E-state index contributed by atoms with van der Waals surface area (Å²) in [5.74, 6) is -0.220. The van der Waals surface area contributed by atoms with Crippen LogP contribution in [0, 0.1) is 5.92 Å². The minimum atomic E-state index is -3.22. The van der Waals surface area contributed by atoms with Gasteiger partial charge < -0.3 is 5.32 Å². The Morgan fingerprint density at radius 1 is 1.30 bits per heavy atom. The van der Waals surface area contributed by atoms with Crippen molar-refractivity contribution in [3.05, 3.63) is 35.9 Å². The average molecular weight is 338 g/mol. The third-order valence-corrected chi connectivity index (χ3v) is 6.29. The maximum Gasteiger partial charge on any atom is 0.224 e. The van der Waals surface area contributed by atoms with Crippen molar-refractivity contribution in [1.82, 2.24) is 9.62 Å². The van der Waals surface area contributed by atoms with E-state index >= 15 is 0 Å². The van der Waals surface area contributed by atoms with Gasteiger partial charge >= 0.3 is 0 Å². The van der Waals surface area contributed by atoms with Crippen LogP contribution in [0.3, 0.4) is 0 Å². The molecule has 2 atom stereocenters. The topological polar surface area (TPSA) is 66.5 Å². The molecule has 128 valence electrons. The summed E-state index contributed by atoms with van der Waals surface area (Å²) >= 11 is 0. The van der Waals surface area contributed by atoms with Crippen LogP contribution in [0.5, 0.6) is 0 Å². The molecule has 0 bridgehead atoms. The molecule has 0 radical (unpaired) electrons. The van der Waals surface area contributed by atoms with E-state index in [-0.39, 0.29) is 23.6 Å². The van der Waals surface area contributed by atoms with E-state index in [0.29, 0.717) is 13.1 Å². The first-order valence-electron chi connectivity index (χ1n) is 8.31. The van der Waals surface area contributed by atoms with Crippen LogP contribution in [-0.4, -0.2) is 37.5 Å². The normalized spacial score (nSPS) is 20.9. The van der Waals surface area contributed by atoms with Crippen molar-refractivity contribution >= 4 is 15.9 Å². The van der Waals surface area contributed by atoms with E-state index in [1.54, 1.807) is 6.92 Å². The second-order valence-corrected chi connectivity index (χ2v) is 8.24. The van der Waals surface area contributed by atoms with E-state index < -0.39 is 10.0 Å². The lowest BCUT2D eigenvalue weighted by Gasteiger charge is -2.32. The van der Waals surface area contributed by atoms with Crippen molar-refractivity contribution in [2.75, 3.05) is 18.8 Å². The molecule has 0 aromatic heterocycles.